The molecule has 37 heavy (non-hydrogen) atoms. The average Bonchev–Trinajstić information content (AvgIpc) is 2.82. The molecule has 2 aliphatic rings. The summed E-state index contributed by atoms with van der Waals surface area (Å²) < 4.78 is 11.2. The fraction of sp³-hybridized carbons (Fsp3) is 0.692. The fourth-order valence-corrected chi connectivity index (χ4v) is 3.71. The van der Waals surface area contributed by atoms with Crippen LogP contribution in [0, 0.1) is 17.8 Å². The minimum Gasteiger partial charge on any atom is -0.352 e. The molecule has 0 bridgehead atoms. The largest absolute Gasteiger partial charge is 0.352 e. The average molecular weight is 522 g/mol. The number of rotatable bonds is 7. The lowest BCUT2D eigenvalue weighted by Crippen LogP contribution is -2.57. The summed E-state index contributed by atoms with van der Waals surface area (Å²) in [6.07, 6.45) is 6.89. The van der Waals surface area contributed by atoms with Crippen molar-refractivity contribution < 1.29 is 28.7 Å². The molecule has 0 aliphatic carbocycles. The van der Waals surface area contributed by atoms with Gasteiger partial charge in [0, 0.05) is 31.1 Å². The molecule has 0 saturated carbocycles. The lowest BCUT2D eigenvalue weighted by atomic mass is 10.0. The molecule has 1 saturated heterocycles. The maximum atomic E-state index is 13.2. The van der Waals surface area contributed by atoms with Gasteiger partial charge in [0.1, 0.15) is 12.1 Å². The van der Waals surface area contributed by atoms with Gasteiger partial charge in [0.05, 0.1) is 13.2 Å². The summed E-state index contributed by atoms with van der Waals surface area (Å²) in [6.45, 7) is 12.8. The summed E-state index contributed by atoms with van der Waals surface area (Å²) in [7, 11) is 0. The number of urea groups is 1. The first-order valence-electron chi connectivity index (χ1n) is 12.9. The third kappa shape index (κ3) is 10.5. The molecule has 0 spiro atoms. The molecule has 2 rings (SSSR count). The predicted molar refractivity (Wildman–Crippen MR) is 139 cm³/mol. The van der Waals surface area contributed by atoms with Crippen molar-refractivity contribution in [2.45, 2.75) is 71.9 Å². The lowest BCUT2D eigenvalue weighted by Gasteiger charge is -2.35. The van der Waals surface area contributed by atoms with Gasteiger partial charge in [-0.2, -0.15) is 0 Å². The molecule has 0 aromatic carbocycles. The molecule has 2 aliphatic heterocycles. The van der Waals surface area contributed by atoms with Crippen molar-refractivity contribution in [3.05, 3.63) is 24.3 Å². The zero-order valence-corrected chi connectivity index (χ0v) is 22.8. The second-order valence-corrected chi connectivity index (χ2v) is 10.6. The third-order valence-electron chi connectivity index (χ3n) is 6.12. The summed E-state index contributed by atoms with van der Waals surface area (Å²) in [4.78, 5) is 50.7. The molecule has 0 aromatic heterocycles. The van der Waals surface area contributed by atoms with Crippen LogP contribution in [0.1, 0.15) is 48.0 Å². The summed E-state index contributed by atoms with van der Waals surface area (Å²) in [5.41, 5.74) is 0. The van der Waals surface area contributed by atoms with E-state index in [1.54, 1.807) is 18.2 Å². The maximum Gasteiger partial charge on any atom is 0.315 e. The number of hydrogen-bond donors (Lipinski definition) is 5. The molecule has 0 unspecified atom stereocenters. The normalized spacial score (nSPS) is 25.6. The van der Waals surface area contributed by atoms with E-state index in [0.29, 0.717) is 32.7 Å². The van der Waals surface area contributed by atoms with Crippen LogP contribution in [-0.2, 0) is 23.9 Å². The molecule has 11 heteroatoms. The number of carbonyl (C=O) groups is 4. The van der Waals surface area contributed by atoms with Crippen molar-refractivity contribution in [2.24, 2.45) is 17.8 Å². The van der Waals surface area contributed by atoms with Crippen LogP contribution in [0.15, 0.2) is 24.3 Å². The van der Waals surface area contributed by atoms with Crippen molar-refractivity contribution in [3.8, 4) is 0 Å². The Balaban J connectivity index is 2.01. The lowest BCUT2D eigenvalue weighted by molar-refractivity contribution is -0.261. The van der Waals surface area contributed by atoms with E-state index < -0.39 is 41.8 Å². The highest BCUT2D eigenvalue weighted by Gasteiger charge is 2.31. The van der Waals surface area contributed by atoms with Gasteiger partial charge in [0.25, 0.3) is 0 Å². The Kier molecular flexibility index (Phi) is 11.6. The van der Waals surface area contributed by atoms with Gasteiger partial charge >= 0.3 is 6.03 Å². The Morgan fingerprint density at radius 3 is 2.41 bits per heavy atom. The zero-order chi connectivity index (χ0) is 27.6. The van der Waals surface area contributed by atoms with E-state index in [1.807, 2.05) is 41.5 Å². The van der Waals surface area contributed by atoms with Crippen LogP contribution in [0.25, 0.3) is 0 Å². The van der Waals surface area contributed by atoms with Gasteiger partial charge in [-0.15, -0.1) is 0 Å². The van der Waals surface area contributed by atoms with Gasteiger partial charge in [-0.25, -0.2) is 4.79 Å². The van der Waals surface area contributed by atoms with E-state index in [1.165, 1.54) is 6.08 Å². The van der Waals surface area contributed by atoms with E-state index in [-0.39, 0.29) is 23.7 Å². The number of amides is 5. The van der Waals surface area contributed by atoms with Crippen LogP contribution in [0.4, 0.5) is 4.79 Å². The zero-order valence-electron chi connectivity index (χ0n) is 22.8. The Morgan fingerprint density at radius 1 is 1.11 bits per heavy atom. The van der Waals surface area contributed by atoms with Crippen molar-refractivity contribution in [1.82, 2.24) is 26.6 Å². The Morgan fingerprint density at radius 2 is 1.78 bits per heavy atom. The van der Waals surface area contributed by atoms with E-state index in [0.717, 1.165) is 0 Å². The number of carbonyl (C=O) groups excluding carboxylic acids is 4. The van der Waals surface area contributed by atoms with Crippen LogP contribution in [0.3, 0.4) is 0 Å². The van der Waals surface area contributed by atoms with Crippen LogP contribution >= 0.6 is 0 Å². The van der Waals surface area contributed by atoms with E-state index in [4.69, 9.17) is 9.47 Å². The Bertz CT molecular complexity index is 860. The first-order valence-corrected chi connectivity index (χ1v) is 12.9. The van der Waals surface area contributed by atoms with Gasteiger partial charge in [0.2, 0.25) is 17.7 Å². The van der Waals surface area contributed by atoms with Crippen LogP contribution < -0.4 is 26.6 Å². The molecule has 0 aromatic rings. The minimum absolute atomic E-state index is 0.00268. The van der Waals surface area contributed by atoms with E-state index >= 15 is 0 Å². The molecule has 2 heterocycles. The topological polar surface area (TPSA) is 147 Å². The second kappa shape index (κ2) is 14.1. The number of hydrogen-bond acceptors (Lipinski definition) is 6. The monoisotopic (exact) mass is 521 g/mol. The number of nitrogens with one attached hydrogen (secondary N) is 5. The van der Waals surface area contributed by atoms with Gasteiger partial charge in [0.15, 0.2) is 5.79 Å². The minimum atomic E-state index is -0.941. The SMILES string of the molecule is CC(C)[C@H](NC(=O)NCC1COC(C)(C)OC1)C(=O)N[C@H]1/C=C/CCNC(=O)/C=C/[C@H](C(C)C)NC1=O. The highest BCUT2D eigenvalue weighted by Crippen LogP contribution is 2.19. The smallest absolute Gasteiger partial charge is 0.315 e. The Hall–Kier alpha value is -2.92. The van der Waals surface area contributed by atoms with Crippen molar-refractivity contribution >= 4 is 23.8 Å². The fourth-order valence-electron chi connectivity index (χ4n) is 3.71. The third-order valence-corrected chi connectivity index (χ3v) is 6.12. The second-order valence-electron chi connectivity index (χ2n) is 10.6. The van der Waals surface area contributed by atoms with E-state index in [9.17, 15) is 19.2 Å². The van der Waals surface area contributed by atoms with E-state index in [2.05, 4.69) is 26.6 Å². The molecule has 1 fully saturated rings. The molecule has 5 N–H and O–H groups in total. The first-order chi connectivity index (χ1) is 17.4. The van der Waals surface area contributed by atoms with Crippen LogP contribution in [0.5, 0.6) is 0 Å². The first kappa shape index (κ1) is 30.3. The van der Waals surface area contributed by atoms with Crippen molar-refractivity contribution in [2.75, 3.05) is 26.3 Å². The van der Waals surface area contributed by atoms with Crippen molar-refractivity contribution in [1.29, 1.82) is 0 Å². The molecule has 0 radical (unpaired) electrons. The summed E-state index contributed by atoms with van der Waals surface area (Å²) in [5.74, 6) is -1.94. The molecule has 208 valence electrons. The Labute approximate surface area is 219 Å². The predicted octanol–water partition coefficient (Wildman–Crippen LogP) is 0.967. The van der Waals surface area contributed by atoms with Gasteiger partial charge in [-0.3, -0.25) is 14.4 Å². The highest BCUT2D eigenvalue weighted by atomic mass is 16.7. The maximum absolute atomic E-state index is 13.2. The molecular weight excluding hydrogens is 478 g/mol. The quantitative estimate of drug-likeness (QED) is 0.316. The summed E-state index contributed by atoms with van der Waals surface area (Å²) in [5, 5.41) is 13.9. The summed E-state index contributed by atoms with van der Waals surface area (Å²) >= 11 is 0. The highest BCUT2D eigenvalue weighted by molar-refractivity contribution is 5.93. The van der Waals surface area contributed by atoms with Gasteiger partial charge in [-0.1, -0.05) is 45.9 Å². The molecule has 3 atom stereocenters. The number of ether oxygens (including phenoxy) is 2. The standard InChI is InChI=1S/C26H43N5O6/c1-16(2)19-10-11-21(32)27-12-8-7-9-20(23(33)29-19)30-24(34)22(17(3)4)31-25(35)28-13-18-14-36-26(5,6)37-15-18/h7,9-11,16-20,22H,8,12-15H2,1-6H3,(H,27,32)(H,29,33)(H,30,34)(H2,28,31,35)/b9-7+,11-10+/t19-,20+,22+/m1/s1. The summed E-state index contributed by atoms with van der Waals surface area (Å²) in [6, 6.07) is -2.68. The van der Waals surface area contributed by atoms with Crippen molar-refractivity contribution in [3.63, 3.8) is 0 Å². The molecule has 11 nitrogen and oxygen atoms in total. The van der Waals surface area contributed by atoms with Gasteiger partial charge in [-0.05, 0) is 32.1 Å². The molecule has 5 amide bonds. The molecular formula is C26H43N5O6. The van der Waals surface area contributed by atoms with Gasteiger partial charge < -0.3 is 36.1 Å². The van der Waals surface area contributed by atoms with Crippen LogP contribution in [0.2, 0.25) is 0 Å². The van der Waals surface area contributed by atoms with Crippen LogP contribution in [-0.4, -0.2) is 74.0 Å².